The molecule has 2 amide bonds. The lowest BCUT2D eigenvalue weighted by Gasteiger charge is -2.35. The molecular formula is C33H43N7O6S. The highest BCUT2D eigenvalue weighted by molar-refractivity contribution is 7.84. The number of aromatic nitrogens is 2. The Kier molecular flexibility index (Phi) is 12.7. The van der Waals surface area contributed by atoms with Crippen LogP contribution in [0.5, 0.6) is 5.75 Å². The Morgan fingerprint density at radius 1 is 0.979 bits per heavy atom. The second-order valence-electron chi connectivity index (χ2n) is 11.7. The third-order valence-electron chi connectivity index (χ3n) is 6.78. The molecule has 1 aromatic heterocycles. The second kappa shape index (κ2) is 16.9. The maximum Gasteiger partial charge on any atom is 0.410 e. The molecule has 1 atom stereocenters. The molecule has 1 aliphatic heterocycles. The number of rotatable bonds is 13. The van der Waals surface area contributed by atoms with Gasteiger partial charge in [-0.3, -0.25) is 13.9 Å². The number of carbonyl (C=O) groups excluding carboxylic acids is 2. The Labute approximate surface area is 278 Å². The van der Waals surface area contributed by atoms with Gasteiger partial charge in [-0.1, -0.05) is 12.1 Å². The summed E-state index contributed by atoms with van der Waals surface area (Å²) in [4.78, 5) is 38.1. The molecular weight excluding hydrogens is 622 g/mol. The predicted octanol–water partition coefficient (Wildman–Crippen LogP) is 4.77. The van der Waals surface area contributed by atoms with Crippen molar-refractivity contribution in [1.29, 1.82) is 0 Å². The normalized spacial score (nSPS) is 14.4. The molecule has 252 valence electrons. The van der Waals surface area contributed by atoms with Gasteiger partial charge in [0.1, 0.15) is 18.0 Å². The maximum absolute atomic E-state index is 12.7. The molecule has 2 heterocycles. The summed E-state index contributed by atoms with van der Waals surface area (Å²) in [5.41, 5.74) is 1.45. The topological polar surface area (TPSA) is 147 Å². The number of carbonyl (C=O) groups is 2. The van der Waals surface area contributed by atoms with E-state index in [1.807, 2.05) is 51.1 Å². The summed E-state index contributed by atoms with van der Waals surface area (Å²) >= 11 is 0. The number of hydrogen-bond donors (Lipinski definition) is 3. The molecule has 3 N–H and O–H groups in total. The Balaban J connectivity index is 1.31. The summed E-state index contributed by atoms with van der Waals surface area (Å²) in [5.74, 6) is 1.13. The van der Waals surface area contributed by atoms with Crippen molar-refractivity contribution in [2.75, 3.05) is 75.3 Å². The average molecular weight is 666 g/mol. The number of hydrogen-bond acceptors (Lipinski definition) is 11. The lowest BCUT2D eigenvalue weighted by Crippen LogP contribution is -2.49. The van der Waals surface area contributed by atoms with Gasteiger partial charge in [0, 0.05) is 69.2 Å². The van der Waals surface area contributed by atoms with E-state index in [4.69, 9.17) is 14.2 Å². The molecule has 4 rings (SSSR count). The van der Waals surface area contributed by atoms with Gasteiger partial charge in [-0.2, -0.15) is 4.98 Å². The highest BCUT2D eigenvalue weighted by Gasteiger charge is 2.25. The number of amides is 2. The van der Waals surface area contributed by atoms with Crippen LogP contribution < -0.4 is 20.7 Å². The first-order valence-corrected chi connectivity index (χ1v) is 16.8. The van der Waals surface area contributed by atoms with Crippen LogP contribution in [0.2, 0.25) is 0 Å². The quantitative estimate of drug-likeness (QED) is 0.171. The fourth-order valence-electron chi connectivity index (χ4n) is 4.48. The molecule has 1 aliphatic rings. The molecule has 0 bridgehead atoms. The van der Waals surface area contributed by atoms with Gasteiger partial charge in [0.25, 0.3) is 0 Å². The van der Waals surface area contributed by atoms with Crippen LogP contribution in [-0.4, -0.2) is 101 Å². The van der Waals surface area contributed by atoms with Gasteiger partial charge in [0.2, 0.25) is 11.9 Å². The third-order valence-corrected chi connectivity index (χ3v) is 7.70. The van der Waals surface area contributed by atoms with E-state index < -0.39 is 16.4 Å². The fraction of sp³-hybridized carbons (Fsp3) is 0.394. The highest BCUT2D eigenvalue weighted by atomic mass is 32.2. The smallest absolute Gasteiger partial charge is 0.410 e. The molecule has 2 aromatic carbocycles. The van der Waals surface area contributed by atoms with E-state index in [-0.39, 0.29) is 12.0 Å². The van der Waals surface area contributed by atoms with Crippen LogP contribution in [0, 0.1) is 0 Å². The summed E-state index contributed by atoms with van der Waals surface area (Å²) in [6, 6.07) is 14.5. The SMILES string of the molecule is COCCOc1ccc(Nc2ncc(S(C)=O)c(Nc3cccc(NC(=O)C=CCN4CCN(C(=O)OC(C)(C)C)CC4)c3)n2)cc1. The van der Waals surface area contributed by atoms with Crippen molar-refractivity contribution in [2.24, 2.45) is 0 Å². The van der Waals surface area contributed by atoms with Crippen LogP contribution in [0.3, 0.4) is 0 Å². The van der Waals surface area contributed by atoms with E-state index in [2.05, 4.69) is 30.8 Å². The van der Waals surface area contributed by atoms with Gasteiger partial charge in [0.05, 0.1) is 28.5 Å². The van der Waals surface area contributed by atoms with Crippen molar-refractivity contribution in [1.82, 2.24) is 19.8 Å². The summed E-state index contributed by atoms with van der Waals surface area (Å²) < 4.78 is 28.5. The van der Waals surface area contributed by atoms with Crippen LogP contribution >= 0.6 is 0 Å². The van der Waals surface area contributed by atoms with Crippen LogP contribution in [0.4, 0.5) is 33.6 Å². The van der Waals surface area contributed by atoms with E-state index in [9.17, 15) is 13.8 Å². The zero-order valence-corrected chi connectivity index (χ0v) is 28.3. The van der Waals surface area contributed by atoms with Gasteiger partial charge in [-0.25, -0.2) is 9.78 Å². The van der Waals surface area contributed by atoms with Crippen molar-refractivity contribution in [3.05, 3.63) is 66.9 Å². The van der Waals surface area contributed by atoms with E-state index in [1.54, 1.807) is 42.5 Å². The van der Waals surface area contributed by atoms with E-state index in [0.717, 1.165) is 5.69 Å². The van der Waals surface area contributed by atoms with Crippen molar-refractivity contribution in [3.63, 3.8) is 0 Å². The molecule has 1 fully saturated rings. The Morgan fingerprint density at radius 2 is 1.70 bits per heavy atom. The third kappa shape index (κ3) is 11.6. The number of piperazine rings is 1. The lowest BCUT2D eigenvalue weighted by atomic mass is 10.2. The largest absolute Gasteiger partial charge is 0.491 e. The number of methoxy groups -OCH3 is 1. The summed E-state index contributed by atoms with van der Waals surface area (Å²) in [6.07, 6.45) is 6.08. The molecule has 14 heteroatoms. The first-order valence-electron chi connectivity index (χ1n) is 15.2. The van der Waals surface area contributed by atoms with Crippen molar-refractivity contribution in [2.45, 2.75) is 31.3 Å². The minimum absolute atomic E-state index is 0.270. The Hall–Kier alpha value is -4.53. The molecule has 0 spiro atoms. The van der Waals surface area contributed by atoms with Gasteiger partial charge in [-0.05, 0) is 63.2 Å². The monoisotopic (exact) mass is 665 g/mol. The van der Waals surface area contributed by atoms with Crippen molar-refractivity contribution >= 4 is 51.6 Å². The first-order chi connectivity index (χ1) is 22.5. The molecule has 47 heavy (non-hydrogen) atoms. The Morgan fingerprint density at radius 3 is 2.38 bits per heavy atom. The fourth-order valence-corrected chi connectivity index (χ4v) is 5.05. The van der Waals surface area contributed by atoms with E-state index >= 15 is 0 Å². The molecule has 0 saturated carbocycles. The van der Waals surface area contributed by atoms with Gasteiger partial charge in [0.15, 0.2) is 5.82 Å². The average Bonchev–Trinajstić information content (AvgIpc) is 3.02. The molecule has 3 aromatic rings. The minimum Gasteiger partial charge on any atom is -0.491 e. The van der Waals surface area contributed by atoms with Crippen LogP contribution in [0.1, 0.15) is 20.8 Å². The highest BCUT2D eigenvalue weighted by Crippen LogP contribution is 2.26. The summed E-state index contributed by atoms with van der Waals surface area (Å²) in [7, 11) is 0.265. The van der Waals surface area contributed by atoms with Crippen LogP contribution in [-0.2, 0) is 25.1 Å². The number of benzene rings is 2. The molecule has 0 aliphatic carbocycles. The zero-order valence-electron chi connectivity index (χ0n) is 27.4. The van der Waals surface area contributed by atoms with Gasteiger partial charge >= 0.3 is 6.09 Å². The maximum atomic E-state index is 12.7. The molecule has 1 saturated heterocycles. The number of anilines is 5. The van der Waals surface area contributed by atoms with E-state index in [1.165, 1.54) is 12.3 Å². The summed E-state index contributed by atoms with van der Waals surface area (Å²) in [5, 5.41) is 9.24. The number of ether oxygens (including phenoxy) is 3. The second-order valence-corrected chi connectivity index (χ2v) is 13.1. The Bertz CT molecular complexity index is 1550. The van der Waals surface area contributed by atoms with Gasteiger partial charge in [-0.15, -0.1) is 0 Å². The number of nitrogens with one attached hydrogen (secondary N) is 3. The predicted molar refractivity (Wildman–Crippen MR) is 183 cm³/mol. The van der Waals surface area contributed by atoms with Crippen LogP contribution in [0.25, 0.3) is 0 Å². The van der Waals surface area contributed by atoms with Gasteiger partial charge < -0.3 is 35.1 Å². The van der Waals surface area contributed by atoms with Crippen LogP contribution in [0.15, 0.2) is 71.8 Å². The van der Waals surface area contributed by atoms with E-state index in [0.29, 0.717) is 79.7 Å². The summed E-state index contributed by atoms with van der Waals surface area (Å²) in [6.45, 7) is 9.64. The zero-order chi connectivity index (χ0) is 33.8. The minimum atomic E-state index is -1.36. The lowest BCUT2D eigenvalue weighted by molar-refractivity contribution is -0.111. The molecule has 0 radical (unpaired) electrons. The van der Waals surface area contributed by atoms with Crippen molar-refractivity contribution < 1.29 is 28.0 Å². The first kappa shape index (κ1) is 35.3. The molecule has 1 unspecified atom stereocenters. The van der Waals surface area contributed by atoms with Crippen molar-refractivity contribution in [3.8, 4) is 5.75 Å². The molecule has 13 nitrogen and oxygen atoms in total. The standard InChI is InChI=1S/C33H43N7O6S/c1-33(2,3)46-32(42)40-18-16-39(17-19-40)15-7-10-29(41)35-25-8-6-9-26(22-25)36-30-28(47(5)43)23-34-31(38-30)37-24-11-13-27(14-12-24)45-21-20-44-4/h6-14,22-23H,15-21H2,1-5H3,(H,35,41)(H2,34,36,37,38). The number of nitrogens with zero attached hydrogens (tertiary/aromatic N) is 4.